The molecule has 1 heterocycles. The smallest absolute Gasteiger partial charge is 0.342 e. The van der Waals surface area contributed by atoms with E-state index in [4.69, 9.17) is 20.8 Å². The fourth-order valence-electron chi connectivity index (χ4n) is 2.26. The number of nitrogens with zero attached hydrogens (tertiary/aromatic N) is 2. The Morgan fingerprint density at radius 3 is 2.48 bits per heavy atom. The van der Waals surface area contributed by atoms with E-state index < -0.39 is 5.97 Å². The topological polar surface area (TPSA) is 85.5 Å². The van der Waals surface area contributed by atoms with Gasteiger partial charge in [-0.3, -0.25) is 0 Å². The molecule has 3 rings (SSSR count). The van der Waals surface area contributed by atoms with E-state index in [2.05, 4.69) is 24.0 Å². The highest BCUT2D eigenvalue weighted by atomic mass is 35.5. The van der Waals surface area contributed by atoms with Crippen LogP contribution in [0.3, 0.4) is 0 Å². The van der Waals surface area contributed by atoms with Crippen molar-refractivity contribution < 1.29 is 19.1 Å². The molecule has 150 valence electrons. The first kappa shape index (κ1) is 21.0. The molecule has 1 N–H and O–H groups in total. The van der Waals surface area contributed by atoms with Gasteiger partial charge >= 0.3 is 5.97 Å². The first-order chi connectivity index (χ1) is 13.9. The Morgan fingerprint density at radius 2 is 1.86 bits per heavy atom. The molecular formula is C21H19ClN2O4S. The van der Waals surface area contributed by atoms with Crippen LogP contribution in [0.1, 0.15) is 19.4 Å². The molecule has 0 saturated heterocycles. The second-order valence-corrected chi connectivity index (χ2v) is 8.00. The van der Waals surface area contributed by atoms with E-state index in [9.17, 15) is 9.90 Å². The normalized spacial score (nSPS) is 11.7. The van der Waals surface area contributed by atoms with Gasteiger partial charge in [-0.2, -0.15) is 0 Å². The summed E-state index contributed by atoms with van der Waals surface area (Å²) in [6.45, 7) is 4.77. The van der Waals surface area contributed by atoms with Crippen molar-refractivity contribution in [2.45, 2.75) is 19.1 Å². The van der Waals surface area contributed by atoms with Crippen LogP contribution in [0.25, 0.3) is 17.5 Å². The summed E-state index contributed by atoms with van der Waals surface area (Å²) in [7, 11) is 0. The van der Waals surface area contributed by atoms with Gasteiger partial charge in [0.1, 0.15) is 10.7 Å². The van der Waals surface area contributed by atoms with E-state index >= 15 is 0 Å². The van der Waals surface area contributed by atoms with E-state index in [1.807, 2.05) is 12.1 Å². The van der Waals surface area contributed by atoms with Gasteiger partial charge < -0.3 is 14.3 Å². The highest BCUT2D eigenvalue weighted by Gasteiger charge is 2.16. The average Bonchev–Trinajstić information content (AvgIpc) is 3.16. The van der Waals surface area contributed by atoms with Crippen molar-refractivity contribution in [3.8, 4) is 17.2 Å². The zero-order valence-corrected chi connectivity index (χ0v) is 17.4. The summed E-state index contributed by atoms with van der Waals surface area (Å²) >= 11 is 6.77. The van der Waals surface area contributed by atoms with E-state index in [-0.39, 0.29) is 10.1 Å². The molecule has 0 amide bonds. The average molecular weight is 431 g/mol. The van der Waals surface area contributed by atoms with Crippen molar-refractivity contribution in [1.29, 1.82) is 0 Å². The number of halogens is 1. The van der Waals surface area contributed by atoms with Crippen LogP contribution in [0.4, 0.5) is 0 Å². The molecule has 0 radical (unpaired) electrons. The first-order valence-corrected chi connectivity index (χ1v) is 10.1. The van der Waals surface area contributed by atoms with Gasteiger partial charge in [0.05, 0.1) is 6.61 Å². The van der Waals surface area contributed by atoms with Crippen molar-refractivity contribution in [1.82, 2.24) is 10.2 Å². The number of aromatic nitrogens is 2. The molecule has 1 aromatic heterocycles. The van der Waals surface area contributed by atoms with Gasteiger partial charge in [-0.25, -0.2) is 4.79 Å². The second kappa shape index (κ2) is 9.62. The Kier molecular flexibility index (Phi) is 6.95. The third-order valence-electron chi connectivity index (χ3n) is 3.67. The zero-order valence-electron chi connectivity index (χ0n) is 15.8. The quantitative estimate of drug-likeness (QED) is 0.365. The van der Waals surface area contributed by atoms with Crippen LogP contribution in [0, 0.1) is 5.92 Å². The van der Waals surface area contributed by atoms with Gasteiger partial charge in [0, 0.05) is 10.6 Å². The lowest BCUT2D eigenvalue weighted by molar-refractivity contribution is -0.131. The van der Waals surface area contributed by atoms with Crippen molar-refractivity contribution >= 4 is 35.4 Å². The maximum atomic E-state index is 11.6. The largest absolute Gasteiger partial charge is 0.493 e. The predicted octanol–water partition coefficient (Wildman–Crippen LogP) is 5.64. The van der Waals surface area contributed by atoms with Crippen LogP contribution in [-0.4, -0.2) is 27.9 Å². The molecule has 0 aliphatic carbocycles. The van der Waals surface area contributed by atoms with Crippen molar-refractivity contribution in [2.75, 3.05) is 6.61 Å². The summed E-state index contributed by atoms with van der Waals surface area (Å²) in [5.74, 6) is 0.378. The summed E-state index contributed by atoms with van der Waals surface area (Å²) in [6.07, 6.45) is 1.55. The standard InChI is InChI=1S/C21H19ClN2O4S/c1-13(2)12-27-17-9-3-14(4-10-17)11-18(20(25)26)29-21-24-23-19(28-21)15-5-7-16(22)8-6-15/h3-11,13H,12H2,1-2H3,(H,25,26)/b18-11+. The van der Waals surface area contributed by atoms with Crippen molar-refractivity contribution in [2.24, 2.45) is 5.92 Å². The van der Waals surface area contributed by atoms with Crippen LogP contribution in [0.2, 0.25) is 5.02 Å². The predicted molar refractivity (Wildman–Crippen MR) is 113 cm³/mol. The van der Waals surface area contributed by atoms with Gasteiger partial charge in [0.15, 0.2) is 0 Å². The van der Waals surface area contributed by atoms with E-state index in [0.29, 0.717) is 29.0 Å². The lowest BCUT2D eigenvalue weighted by atomic mass is 10.2. The number of ether oxygens (including phenoxy) is 1. The third-order valence-corrected chi connectivity index (χ3v) is 4.77. The molecular weight excluding hydrogens is 412 g/mol. The Morgan fingerprint density at radius 1 is 1.17 bits per heavy atom. The molecule has 0 spiro atoms. The summed E-state index contributed by atoms with van der Waals surface area (Å²) in [5, 5.41) is 18.2. The maximum absolute atomic E-state index is 11.6. The SMILES string of the molecule is CC(C)COc1ccc(/C=C(/Sc2nnc(-c3ccc(Cl)cc3)o2)C(=O)O)cc1. The fourth-order valence-corrected chi connectivity index (χ4v) is 3.06. The van der Waals surface area contributed by atoms with E-state index in [0.717, 1.165) is 23.1 Å². The van der Waals surface area contributed by atoms with Gasteiger partial charge in [-0.05, 0) is 65.7 Å². The zero-order chi connectivity index (χ0) is 20.8. The lowest BCUT2D eigenvalue weighted by Gasteiger charge is -2.08. The summed E-state index contributed by atoms with van der Waals surface area (Å²) in [6, 6.07) is 14.1. The Labute approximate surface area is 177 Å². The highest BCUT2D eigenvalue weighted by molar-refractivity contribution is 8.03. The molecule has 0 fully saturated rings. The summed E-state index contributed by atoms with van der Waals surface area (Å²) < 4.78 is 11.2. The molecule has 0 saturated carbocycles. The molecule has 0 bridgehead atoms. The Bertz CT molecular complexity index is 998. The number of carboxylic acid groups (broad SMARTS) is 1. The second-order valence-electron chi connectivity index (χ2n) is 6.57. The summed E-state index contributed by atoms with van der Waals surface area (Å²) in [5.41, 5.74) is 1.43. The lowest BCUT2D eigenvalue weighted by Crippen LogP contribution is -2.04. The fraction of sp³-hybridized carbons (Fsp3) is 0.190. The number of aliphatic carboxylic acids is 1. The van der Waals surface area contributed by atoms with Crippen molar-refractivity contribution in [3.63, 3.8) is 0 Å². The van der Waals surface area contributed by atoms with E-state index in [1.54, 1.807) is 42.5 Å². The van der Waals surface area contributed by atoms with Gasteiger partial charge in [0.25, 0.3) is 5.22 Å². The van der Waals surface area contributed by atoms with E-state index in [1.165, 1.54) is 0 Å². The van der Waals surface area contributed by atoms with Crippen LogP contribution in [0.15, 0.2) is 63.1 Å². The minimum atomic E-state index is -1.08. The summed E-state index contributed by atoms with van der Waals surface area (Å²) in [4.78, 5) is 11.7. The third kappa shape index (κ3) is 6.10. The van der Waals surface area contributed by atoms with Crippen LogP contribution >= 0.6 is 23.4 Å². The minimum Gasteiger partial charge on any atom is -0.493 e. The molecule has 3 aromatic rings. The number of thioether (sulfide) groups is 1. The Hall–Kier alpha value is -2.77. The molecule has 0 aliphatic rings. The number of benzene rings is 2. The Balaban J connectivity index is 1.73. The number of rotatable bonds is 8. The molecule has 2 aromatic carbocycles. The van der Waals surface area contributed by atoms with Crippen LogP contribution in [0.5, 0.6) is 5.75 Å². The highest BCUT2D eigenvalue weighted by Crippen LogP contribution is 2.30. The number of hydrogen-bond donors (Lipinski definition) is 1. The monoisotopic (exact) mass is 430 g/mol. The van der Waals surface area contributed by atoms with Crippen LogP contribution in [-0.2, 0) is 4.79 Å². The molecule has 0 unspecified atom stereocenters. The molecule has 0 aliphatic heterocycles. The van der Waals surface area contributed by atoms with Gasteiger partial charge in [-0.1, -0.05) is 37.6 Å². The van der Waals surface area contributed by atoms with Gasteiger partial charge in [-0.15, -0.1) is 10.2 Å². The maximum Gasteiger partial charge on any atom is 0.342 e. The van der Waals surface area contributed by atoms with Crippen molar-refractivity contribution in [3.05, 3.63) is 64.0 Å². The molecule has 6 nitrogen and oxygen atoms in total. The van der Waals surface area contributed by atoms with Gasteiger partial charge in [0.2, 0.25) is 5.89 Å². The van der Waals surface area contributed by atoms with Crippen LogP contribution < -0.4 is 4.74 Å². The number of hydrogen-bond acceptors (Lipinski definition) is 6. The number of carboxylic acids is 1. The first-order valence-electron chi connectivity index (χ1n) is 8.86. The molecule has 0 atom stereocenters. The molecule has 8 heteroatoms. The number of carbonyl (C=O) groups is 1. The molecule has 29 heavy (non-hydrogen) atoms. The minimum absolute atomic E-state index is 0.0622.